The quantitative estimate of drug-likeness (QED) is 0.778. The molecule has 1 N–H and O–H groups in total. The zero-order valence-electron chi connectivity index (χ0n) is 7.79. The molecule has 1 aliphatic rings. The van der Waals surface area contributed by atoms with Gasteiger partial charge in [-0.1, -0.05) is 5.21 Å². The molecular weight excluding hydrogens is 196 g/mol. The second kappa shape index (κ2) is 2.75. The number of aromatic nitrogens is 4. The molecule has 0 atom stereocenters. The molecule has 0 amide bonds. The molecule has 2 heterocycles. The van der Waals surface area contributed by atoms with E-state index < -0.39 is 5.97 Å². The van der Waals surface area contributed by atoms with Crippen LogP contribution in [-0.4, -0.2) is 30.9 Å². The molecule has 2 aromatic heterocycles. The Bertz CT molecular complexity index is 544. The Morgan fingerprint density at radius 2 is 2.27 bits per heavy atom. The minimum absolute atomic E-state index is 0.232. The Hall–Kier alpha value is -1.98. The lowest BCUT2D eigenvalue weighted by Gasteiger charge is -2.05. The van der Waals surface area contributed by atoms with Gasteiger partial charge < -0.3 is 5.11 Å². The van der Waals surface area contributed by atoms with Crippen LogP contribution >= 0.6 is 0 Å². The fourth-order valence-electron chi connectivity index (χ4n) is 1.71. The molecule has 0 radical (unpaired) electrons. The van der Waals surface area contributed by atoms with Crippen LogP contribution in [0.1, 0.15) is 34.8 Å². The summed E-state index contributed by atoms with van der Waals surface area (Å²) in [6.07, 6.45) is 4.94. The Kier molecular flexibility index (Phi) is 1.53. The van der Waals surface area contributed by atoms with Gasteiger partial charge in [0.05, 0.1) is 17.5 Å². The molecule has 0 aromatic carbocycles. The van der Waals surface area contributed by atoms with E-state index in [2.05, 4.69) is 15.3 Å². The van der Waals surface area contributed by atoms with E-state index in [0.29, 0.717) is 11.6 Å². The number of carboxylic acids is 1. The number of nitrogens with zero attached hydrogens (tertiary/aromatic N) is 4. The van der Waals surface area contributed by atoms with E-state index in [1.54, 1.807) is 0 Å². The lowest BCUT2D eigenvalue weighted by molar-refractivity contribution is 0.0694. The van der Waals surface area contributed by atoms with Crippen molar-refractivity contribution in [3.05, 3.63) is 23.7 Å². The van der Waals surface area contributed by atoms with Crippen LogP contribution in [0, 0.1) is 0 Å². The van der Waals surface area contributed by atoms with E-state index >= 15 is 0 Å². The first-order valence-electron chi connectivity index (χ1n) is 4.70. The van der Waals surface area contributed by atoms with Crippen LogP contribution in [-0.2, 0) is 0 Å². The van der Waals surface area contributed by atoms with Crippen molar-refractivity contribution in [3.63, 3.8) is 0 Å². The van der Waals surface area contributed by atoms with E-state index in [4.69, 9.17) is 5.11 Å². The average Bonchev–Trinajstić information content (AvgIpc) is 2.93. The predicted octanol–water partition coefficient (Wildman–Crippen LogP) is 0.700. The predicted molar refractivity (Wildman–Crippen MR) is 49.7 cm³/mol. The molecule has 1 saturated carbocycles. The number of fused-ring (bicyclic) bond motifs is 1. The first-order chi connectivity index (χ1) is 7.27. The van der Waals surface area contributed by atoms with Gasteiger partial charge in [-0.3, -0.25) is 0 Å². The van der Waals surface area contributed by atoms with Crippen molar-refractivity contribution in [2.75, 3.05) is 0 Å². The van der Waals surface area contributed by atoms with Crippen molar-refractivity contribution >= 4 is 11.6 Å². The van der Waals surface area contributed by atoms with E-state index in [1.165, 1.54) is 16.9 Å². The summed E-state index contributed by atoms with van der Waals surface area (Å²) in [5, 5.41) is 16.6. The maximum Gasteiger partial charge on any atom is 0.339 e. The third kappa shape index (κ3) is 1.18. The van der Waals surface area contributed by atoms with Gasteiger partial charge in [0.1, 0.15) is 0 Å². The molecule has 2 aromatic rings. The van der Waals surface area contributed by atoms with Crippen LogP contribution in [0.15, 0.2) is 12.4 Å². The van der Waals surface area contributed by atoms with Crippen molar-refractivity contribution < 1.29 is 9.90 Å². The van der Waals surface area contributed by atoms with Gasteiger partial charge in [0.15, 0.2) is 5.65 Å². The molecule has 0 unspecified atom stereocenters. The maximum absolute atomic E-state index is 11.0. The largest absolute Gasteiger partial charge is 0.478 e. The van der Waals surface area contributed by atoms with Gasteiger partial charge in [-0.25, -0.2) is 9.78 Å². The minimum Gasteiger partial charge on any atom is -0.478 e. The first-order valence-corrected chi connectivity index (χ1v) is 4.70. The van der Waals surface area contributed by atoms with Crippen LogP contribution in [0.5, 0.6) is 0 Å². The SMILES string of the molecule is O=C(O)c1cnc2cnnn2c1C1CC1. The molecule has 0 aliphatic heterocycles. The fraction of sp³-hybridized carbons (Fsp3) is 0.333. The van der Waals surface area contributed by atoms with Gasteiger partial charge in [-0.05, 0) is 12.8 Å². The molecule has 0 bridgehead atoms. The summed E-state index contributed by atoms with van der Waals surface area (Å²) < 4.78 is 1.53. The monoisotopic (exact) mass is 204 g/mol. The van der Waals surface area contributed by atoms with Crippen molar-refractivity contribution in [1.82, 2.24) is 19.8 Å². The minimum atomic E-state index is -0.957. The van der Waals surface area contributed by atoms with Crippen LogP contribution in [0.25, 0.3) is 5.65 Å². The molecular formula is C9H8N4O2. The second-order valence-corrected chi connectivity index (χ2v) is 3.64. The van der Waals surface area contributed by atoms with Crippen molar-refractivity contribution in [2.45, 2.75) is 18.8 Å². The summed E-state index contributed by atoms with van der Waals surface area (Å²) in [4.78, 5) is 15.0. The van der Waals surface area contributed by atoms with Crippen molar-refractivity contribution in [2.24, 2.45) is 0 Å². The molecule has 6 nitrogen and oxygen atoms in total. The lowest BCUT2D eigenvalue weighted by atomic mass is 10.1. The normalized spacial score (nSPS) is 15.7. The number of carboxylic acid groups (broad SMARTS) is 1. The highest BCUT2D eigenvalue weighted by Crippen LogP contribution is 2.41. The maximum atomic E-state index is 11.0. The Balaban J connectivity index is 2.34. The third-order valence-electron chi connectivity index (χ3n) is 2.56. The summed E-state index contributed by atoms with van der Waals surface area (Å²) in [6, 6.07) is 0. The summed E-state index contributed by atoms with van der Waals surface area (Å²) in [5.41, 5.74) is 1.56. The Morgan fingerprint density at radius 3 is 2.93 bits per heavy atom. The fourth-order valence-corrected chi connectivity index (χ4v) is 1.71. The molecule has 15 heavy (non-hydrogen) atoms. The zero-order valence-corrected chi connectivity index (χ0v) is 7.79. The van der Waals surface area contributed by atoms with Crippen molar-refractivity contribution in [3.8, 4) is 0 Å². The summed E-state index contributed by atoms with van der Waals surface area (Å²) in [6.45, 7) is 0. The molecule has 3 rings (SSSR count). The number of hydrogen-bond donors (Lipinski definition) is 1. The number of carbonyl (C=O) groups is 1. The van der Waals surface area contributed by atoms with Crippen molar-refractivity contribution in [1.29, 1.82) is 0 Å². The highest BCUT2D eigenvalue weighted by atomic mass is 16.4. The van der Waals surface area contributed by atoms with Gasteiger partial charge >= 0.3 is 5.97 Å². The van der Waals surface area contributed by atoms with Gasteiger partial charge in [-0.2, -0.15) is 4.52 Å². The molecule has 6 heteroatoms. The van der Waals surface area contributed by atoms with Crippen LogP contribution in [0.2, 0.25) is 0 Å². The summed E-state index contributed by atoms with van der Waals surface area (Å²) in [5.74, 6) is -0.662. The first kappa shape index (κ1) is 8.34. The standard InChI is InChI=1S/C9H8N4O2/c14-9(15)6-3-10-7-4-11-12-13(7)8(6)5-1-2-5/h3-5H,1-2H2,(H,14,15). The van der Waals surface area contributed by atoms with Gasteiger partial charge in [-0.15, -0.1) is 5.10 Å². The highest BCUT2D eigenvalue weighted by Gasteiger charge is 2.31. The van der Waals surface area contributed by atoms with E-state index in [9.17, 15) is 4.79 Å². The number of aromatic carboxylic acids is 1. The lowest BCUT2D eigenvalue weighted by Crippen LogP contribution is -2.09. The van der Waals surface area contributed by atoms with E-state index in [-0.39, 0.29) is 5.56 Å². The second-order valence-electron chi connectivity index (χ2n) is 3.64. The Morgan fingerprint density at radius 1 is 1.47 bits per heavy atom. The summed E-state index contributed by atoms with van der Waals surface area (Å²) in [7, 11) is 0. The smallest absolute Gasteiger partial charge is 0.339 e. The summed E-state index contributed by atoms with van der Waals surface area (Å²) >= 11 is 0. The van der Waals surface area contributed by atoms with Crippen LogP contribution < -0.4 is 0 Å². The topological polar surface area (TPSA) is 80.4 Å². The number of hydrogen-bond acceptors (Lipinski definition) is 4. The molecule has 76 valence electrons. The highest BCUT2D eigenvalue weighted by molar-refractivity contribution is 5.89. The van der Waals surface area contributed by atoms with Crippen LogP contribution in [0.3, 0.4) is 0 Å². The average molecular weight is 204 g/mol. The molecule has 0 spiro atoms. The molecule has 1 aliphatic carbocycles. The van der Waals surface area contributed by atoms with E-state index in [1.807, 2.05) is 0 Å². The van der Waals surface area contributed by atoms with Gasteiger partial charge in [0.2, 0.25) is 0 Å². The Labute approximate surface area is 84.6 Å². The molecule has 1 fully saturated rings. The van der Waals surface area contributed by atoms with Crippen LogP contribution in [0.4, 0.5) is 0 Å². The molecule has 0 saturated heterocycles. The van der Waals surface area contributed by atoms with E-state index in [0.717, 1.165) is 18.5 Å². The van der Waals surface area contributed by atoms with Gasteiger partial charge in [0, 0.05) is 12.1 Å². The third-order valence-corrected chi connectivity index (χ3v) is 2.56. The van der Waals surface area contributed by atoms with Gasteiger partial charge in [0.25, 0.3) is 0 Å². The zero-order chi connectivity index (χ0) is 10.4. The number of rotatable bonds is 2.